The van der Waals surface area contributed by atoms with Gasteiger partial charge in [0.25, 0.3) is 0 Å². The van der Waals surface area contributed by atoms with E-state index in [2.05, 4.69) is 30.8 Å². The predicted molar refractivity (Wildman–Crippen MR) is 116 cm³/mol. The molecule has 2 heterocycles. The number of para-hydroxylation sites is 1. The molecule has 3 aromatic rings. The Bertz CT molecular complexity index is 1040. The van der Waals surface area contributed by atoms with Crippen molar-refractivity contribution in [3.63, 3.8) is 0 Å². The zero-order chi connectivity index (χ0) is 19.7. The van der Waals surface area contributed by atoms with Gasteiger partial charge < -0.3 is 0 Å². The number of hydrogen-bond donors (Lipinski definition) is 1. The molecular formula is C20H22AsN4O2S+. The molecule has 6 nitrogen and oxygen atoms in total. The summed E-state index contributed by atoms with van der Waals surface area (Å²) < 4.78 is 13.7. The van der Waals surface area contributed by atoms with E-state index in [0.717, 1.165) is 37.9 Å². The van der Waals surface area contributed by atoms with Gasteiger partial charge in [0.15, 0.2) is 0 Å². The summed E-state index contributed by atoms with van der Waals surface area (Å²) in [5.41, 5.74) is 6.21. The zero-order valence-corrected chi connectivity index (χ0v) is 19.2. The Morgan fingerprint density at radius 2 is 1.79 bits per heavy atom. The van der Waals surface area contributed by atoms with Gasteiger partial charge in [-0.15, -0.1) is 0 Å². The summed E-state index contributed by atoms with van der Waals surface area (Å²) >= 11 is 3.16. The summed E-state index contributed by atoms with van der Waals surface area (Å²) in [4.78, 5) is 9.54. The molecule has 0 radical (unpaired) electrons. The van der Waals surface area contributed by atoms with Crippen LogP contribution in [0.4, 0.5) is 0 Å². The summed E-state index contributed by atoms with van der Waals surface area (Å²) in [6, 6.07) is 14.0. The van der Waals surface area contributed by atoms with Crippen LogP contribution in [-0.4, -0.2) is 52.3 Å². The van der Waals surface area contributed by atoms with Crippen LogP contribution in [0.3, 0.4) is 0 Å². The summed E-state index contributed by atoms with van der Waals surface area (Å²) in [7, 11) is 5.44. The fraction of sp³-hybridized carbons (Fsp3) is 0.200. The topological polar surface area (TPSA) is 55.7 Å². The number of amidine groups is 1. The van der Waals surface area contributed by atoms with Crippen LogP contribution in [-0.2, 0) is 6.54 Å². The molecule has 0 fully saturated rings. The molecule has 2 aromatic carbocycles. The molecule has 1 aliphatic heterocycles. The summed E-state index contributed by atoms with van der Waals surface area (Å²) in [6.45, 7) is 0.712. The van der Waals surface area contributed by atoms with Gasteiger partial charge >= 0.3 is 177 Å². The Labute approximate surface area is 176 Å². The molecule has 2 unspecified atom stereocenters. The van der Waals surface area contributed by atoms with Gasteiger partial charge in [-0.3, -0.25) is 0 Å². The minimum absolute atomic E-state index is 0.466. The fourth-order valence-electron chi connectivity index (χ4n) is 3.33. The van der Waals surface area contributed by atoms with Crippen LogP contribution in [0, 0.1) is 0 Å². The van der Waals surface area contributed by atoms with Gasteiger partial charge in [0.05, 0.1) is 0 Å². The minimum atomic E-state index is 0.466. The molecule has 0 saturated carbocycles. The molecule has 0 bridgehead atoms. The average Bonchev–Trinajstić information content (AvgIpc) is 3.07. The maximum absolute atomic E-state index is 5.58. The number of hydrogen-bond acceptors (Lipinski definition) is 6. The number of nitrogens with zero attached hydrogens (tertiary/aromatic N) is 3. The van der Waals surface area contributed by atoms with Gasteiger partial charge in [0.1, 0.15) is 0 Å². The third kappa shape index (κ3) is 3.65. The van der Waals surface area contributed by atoms with Crippen molar-refractivity contribution in [1.82, 2.24) is 10.4 Å². The molecule has 1 aromatic heterocycles. The molecule has 8 heteroatoms. The van der Waals surface area contributed by atoms with E-state index >= 15 is 0 Å². The number of ether oxygens (including phenoxy) is 2. The Morgan fingerprint density at radius 3 is 2.46 bits per heavy atom. The van der Waals surface area contributed by atoms with Gasteiger partial charge in [-0.05, 0) is 0 Å². The van der Waals surface area contributed by atoms with Gasteiger partial charge in [-0.25, -0.2) is 0 Å². The molecule has 144 valence electrons. The molecule has 0 aliphatic carbocycles. The first-order valence-electron chi connectivity index (χ1n) is 8.77. The Hall–Kier alpha value is -2.34. The van der Waals surface area contributed by atoms with Crippen LogP contribution in [0.15, 0.2) is 53.7 Å². The predicted octanol–water partition coefficient (Wildman–Crippen LogP) is 2.77. The molecular weight excluding hydrogens is 435 g/mol. The Kier molecular flexibility index (Phi) is 5.15. The number of aliphatic imine (C=N–C) groups is 1. The Morgan fingerprint density at radius 1 is 1.07 bits per heavy atom. The van der Waals surface area contributed by atoms with Crippen LogP contribution in [0.1, 0.15) is 10.6 Å². The van der Waals surface area contributed by atoms with Crippen molar-refractivity contribution in [2.24, 2.45) is 4.99 Å². The quantitative estimate of drug-likeness (QED) is 0.473. The van der Waals surface area contributed by atoms with Gasteiger partial charge in [-0.1, -0.05) is 0 Å². The van der Waals surface area contributed by atoms with E-state index in [4.69, 9.17) is 19.5 Å². The summed E-state index contributed by atoms with van der Waals surface area (Å²) in [5.74, 6) is 1.48. The van der Waals surface area contributed by atoms with E-state index in [1.165, 1.54) is 21.6 Å². The van der Waals surface area contributed by atoms with Crippen molar-refractivity contribution in [2.75, 3.05) is 21.3 Å². The molecule has 0 amide bonds. The third-order valence-corrected chi connectivity index (χ3v) is 6.07. The molecule has 1 aliphatic rings. The molecule has 0 saturated heterocycles. The number of fused-ring (bicyclic) bond motifs is 1. The van der Waals surface area contributed by atoms with E-state index in [1.807, 2.05) is 30.3 Å². The summed E-state index contributed by atoms with van der Waals surface area (Å²) in [5, 5.41) is 1.07. The third-order valence-electron chi connectivity index (χ3n) is 4.50. The van der Waals surface area contributed by atoms with Crippen molar-refractivity contribution < 1.29 is 14.1 Å². The van der Waals surface area contributed by atoms with Crippen molar-refractivity contribution in [2.45, 2.75) is 6.54 Å². The number of thiazole rings is 1. The van der Waals surface area contributed by atoms with Crippen molar-refractivity contribution >= 4 is 48.7 Å². The molecule has 2 atom stereocenters. The second kappa shape index (κ2) is 7.58. The number of aromatic nitrogens is 1. The van der Waals surface area contributed by atoms with Crippen LogP contribution < -0.4 is 14.9 Å². The zero-order valence-electron chi connectivity index (χ0n) is 16.0. The SMILES string of the molecule is COc1cccc(OC)c1C1=C[N+](C)(Cc2nc3ccccc3s2)NC([AsH2])=N1. The van der Waals surface area contributed by atoms with Gasteiger partial charge in [0.2, 0.25) is 0 Å². The number of rotatable bonds is 5. The van der Waals surface area contributed by atoms with E-state index in [9.17, 15) is 0 Å². The fourth-order valence-corrected chi connectivity index (χ4v) is 5.33. The molecule has 1 N–H and O–H groups in total. The number of benzene rings is 2. The van der Waals surface area contributed by atoms with Crippen LogP contribution in [0.2, 0.25) is 0 Å². The van der Waals surface area contributed by atoms with Crippen LogP contribution >= 0.6 is 11.3 Å². The second-order valence-corrected chi connectivity index (χ2v) is 8.92. The number of nitrogens with one attached hydrogen (secondary N) is 1. The monoisotopic (exact) mass is 457 g/mol. The van der Waals surface area contributed by atoms with Crippen molar-refractivity contribution in [3.8, 4) is 11.5 Å². The van der Waals surface area contributed by atoms with E-state index in [0.29, 0.717) is 11.1 Å². The first kappa shape index (κ1) is 19.0. The van der Waals surface area contributed by atoms with Gasteiger partial charge in [-0.2, -0.15) is 0 Å². The second-order valence-electron chi connectivity index (χ2n) is 6.66. The normalized spacial score (nSPS) is 19.0. The van der Waals surface area contributed by atoms with E-state index < -0.39 is 0 Å². The maximum atomic E-state index is 5.58. The standard InChI is InChI=1S/C20H22AsN4O2S/c1-25(12-18-22-13-7-4-5-10-17(13)28-18)11-14(23-20(21)24-25)19-15(26-2)8-6-9-16(19)27-3/h4-11H,12,21H2,1-3H3,(H,23,24)/q+1. The van der Waals surface area contributed by atoms with Crippen LogP contribution in [0.5, 0.6) is 11.5 Å². The molecule has 0 spiro atoms. The summed E-state index contributed by atoms with van der Waals surface area (Å²) in [6.07, 6.45) is 2.09. The van der Waals surface area contributed by atoms with Crippen LogP contribution in [0.25, 0.3) is 15.9 Å². The van der Waals surface area contributed by atoms with E-state index in [-0.39, 0.29) is 0 Å². The molecule has 4 rings (SSSR count). The van der Waals surface area contributed by atoms with Gasteiger partial charge in [0, 0.05) is 0 Å². The van der Waals surface area contributed by atoms with Crippen molar-refractivity contribution in [1.29, 1.82) is 0 Å². The number of quaternary nitrogens is 1. The van der Waals surface area contributed by atoms with E-state index in [1.54, 1.807) is 25.6 Å². The Balaban J connectivity index is 1.75. The van der Waals surface area contributed by atoms with Crippen molar-refractivity contribution in [3.05, 3.63) is 59.2 Å². The first-order valence-corrected chi connectivity index (χ1v) is 10.8. The molecule has 28 heavy (non-hydrogen) atoms. The average molecular weight is 457 g/mol. The number of methoxy groups -OCH3 is 2. The first-order chi connectivity index (χ1) is 13.5.